The van der Waals surface area contributed by atoms with E-state index >= 15 is 0 Å². The van der Waals surface area contributed by atoms with E-state index in [-0.39, 0.29) is 29.6 Å². The molecule has 3 aromatic rings. The average molecular weight is 488 g/mol. The van der Waals surface area contributed by atoms with Gasteiger partial charge in [0.05, 0.1) is 27.1 Å². The molecule has 1 fully saturated rings. The number of sulfonamides is 1. The average Bonchev–Trinajstić information content (AvgIpc) is 3.19. The molecule has 2 heterocycles. The highest BCUT2D eigenvalue weighted by Gasteiger charge is 2.33. The van der Waals surface area contributed by atoms with E-state index in [1.807, 2.05) is 0 Å². The lowest BCUT2D eigenvalue weighted by Crippen LogP contribution is -2.43. The summed E-state index contributed by atoms with van der Waals surface area (Å²) in [7, 11) is -3.86. The summed E-state index contributed by atoms with van der Waals surface area (Å²) >= 11 is 0. The van der Waals surface area contributed by atoms with Gasteiger partial charge in [0.1, 0.15) is 11.6 Å². The van der Waals surface area contributed by atoms with Gasteiger partial charge in [0.2, 0.25) is 15.9 Å². The number of nitrogens with one attached hydrogen (secondary N) is 1. The number of hydrogen-bond donors (Lipinski definition) is 1. The van der Waals surface area contributed by atoms with Gasteiger partial charge in [0.15, 0.2) is 0 Å². The Morgan fingerprint density at radius 2 is 1.85 bits per heavy atom. The number of aryl methyl sites for hydroxylation is 1. The number of benzene rings is 2. The molecule has 1 atom stereocenters. The van der Waals surface area contributed by atoms with Crippen LogP contribution in [-0.2, 0) is 14.8 Å². The zero-order valence-corrected chi connectivity index (χ0v) is 19.0. The van der Waals surface area contributed by atoms with Crippen molar-refractivity contribution in [1.82, 2.24) is 14.1 Å². The van der Waals surface area contributed by atoms with Gasteiger partial charge in [0, 0.05) is 31.3 Å². The molecule has 0 bridgehead atoms. The lowest BCUT2D eigenvalue weighted by molar-refractivity contribution is -0.384. The monoisotopic (exact) mass is 487 g/mol. The van der Waals surface area contributed by atoms with Crippen LogP contribution in [0.25, 0.3) is 5.69 Å². The van der Waals surface area contributed by atoms with Crippen molar-refractivity contribution in [1.29, 1.82) is 0 Å². The summed E-state index contributed by atoms with van der Waals surface area (Å²) < 4.78 is 41.8. The van der Waals surface area contributed by atoms with Gasteiger partial charge in [-0.3, -0.25) is 14.9 Å². The van der Waals surface area contributed by atoms with Crippen molar-refractivity contribution in [3.8, 4) is 5.69 Å². The van der Waals surface area contributed by atoms with E-state index in [1.54, 1.807) is 13.0 Å². The Morgan fingerprint density at radius 3 is 2.50 bits per heavy atom. The molecule has 1 saturated heterocycles. The molecule has 0 aliphatic carbocycles. The number of anilines is 1. The summed E-state index contributed by atoms with van der Waals surface area (Å²) in [5.41, 5.74) is 1.08. The van der Waals surface area contributed by atoms with Gasteiger partial charge < -0.3 is 5.32 Å². The van der Waals surface area contributed by atoms with Crippen LogP contribution in [0.15, 0.2) is 59.5 Å². The van der Waals surface area contributed by atoms with E-state index in [0.29, 0.717) is 30.0 Å². The molecule has 1 aromatic heterocycles. The highest BCUT2D eigenvalue weighted by molar-refractivity contribution is 7.89. The van der Waals surface area contributed by atoms with Crippen molar-refractivity contribution >= 4 is 27.4 Å². The van der Waals surface area contributed by atoms with Gasteiger partial charge in [-0.2, -0.15) is 9.40 Å². The van der Waals surface area contributed by atoms with Gasteiger partial charge in [-0.15, -0.1) is 0 Å². The third-order valence-corrected chi connectivity index (χ3v) is 7.47. The first kappa shape index (κ1) is 23.5. The SMILES string of the molecule is Cc1cc(NC(=O)C2CCCN(S(=O)(=O)c3ccc(F)cc3)C2)n(-c2ccc([N+](=O)[O-])cc2)n1. The van der Waals surface area contributed by atoms with Crippen LogP contribution in [0.4, 0.5) is 15.9 Å². The number of rotatable bonds is 6. The highest BCUT2D eigenvalue weighted by atomic mass is 32.2. The maximum atomic E-state index is 13.2. The molecule has 34 heavy (non-hydrogen) atoms. The lowest BCUT2D eigenvalue weighted by atomic mass is 9.99. The summed E-state index contributed by atoms with van der Waals surface area (Å²) in [5.74, 6) is -1.11. The number of aromatic nitrogens is 2. The smallest absolute Gasteiger partial charge is 0.269 e. The minimum absolute atomic E-state index is 0.00378. The molecule has 1 amide bonds. The van der Waals surface area contributed by atoms with Crippen molar-refractivity contribution in [2.75, 3.05) is 18.4 Å². The summed E-state index contributed by atoms with van der Waals surface area (Å²) in [5, 5.41) is 18.1. The van der Waals surface area contributed by atoms with Crippen molar-refractivity contribution in [3.05, 3.63) is 76.2 Å². The third-order valence-electron chi connectivity index (χ3n) is 5.59. The van der Waals surface area contributed by atoms with Crippen molar-refractivity contribution in [2.24, 2.45) is 5.92 Å². The Morgan fingerprint density at radius 1 is 1.18 bits per heavy atom. The Kier molecular flexibility index (Phi) is 6.44. The molecule has 0 radical (unpaired) electrons. The third kappa shape index (κ3) is 4.82. The first-order chi connectivity index (χ1) is 16.1. The number of nitro benzene ring substituents is 1. The van der Waals surface area contributed by atoms with Gasteiger partial charge in [-0.25, -0.2) is 17.5 Å². The first-order valence-corrected chi connectivity index (χ1v) is 12.0. The predicted octanol–water partition coefficient (Wildman–Crippen LogP) is 3.27. The van der Waals surface area contributed by atoms with E-state index < -0.39 is 26.7 Å². The molecule has 12 heteroatoms. The lowest BCUT2D eigenvalue weighted by Gasteiger charge is -2.31. The Hall–Kier alpha value is -3.64. The second-order valence-electron chi connectivity index (χ2n) is 8.00. The van der Waals surface area contributed by atoms with Crippen LogP contribution in [-0.4, -0.2) is 46.4 Å². The van der Waals surface area contributed by atoms with Crippen LogP contribution in [0, 0.1) is 28.8 Å². The van der Waals surface area contributed by atoms with Crippen LogP contribution in [0.1, 0.15) is 18.5 Å². The number of carbonyl (C=O) groups excluding carboxylic acids is 1. The number of piperidine rings is 1. The first-order valence-electron chi connectivity index (χ1n) is 10.5. The number of nitrogens with zero attached hydrogens (tertiary/aromatic N) is 4. The minimum atomic E-state index is -3.86. The molecule has 2 aromatic carbocycles. The molecule has 10 nitrogen and oxygen atoms in total. The normalized spacial score (nSPS) is 16.8. The van der Waals surface area contributed by atoms with Crippen LogP contribution in [0.5, 0.6) is 0 Å². The number of nitro groups is 1. The zero-order valence-electron chi connectivity index (χ0n) is 18.2. The molecular formula is C22H22FN5O5S. The topological polar surface area (TPSA) is 127 Å². The predicted molar refractivity (Wildman–Crippen MR) is 121 cm³/mol. The van der Waals surface area contributed by atoms with Crippen LogP contribution in [0.2, 0.25) is 0 Å². The highest BCUT2D eigenvalue weighted by Crippen LogP contribution is 2.26. The van der Waals surface area contributed by atoms with E-state index in [9.17, 15) is 27.7 Å². The largest absolute Gasteiger partial charge is 0.310 e. The quantitative estimate of drug-likeness (QED) is 0.420. The van der Waals surface area contributed by atoms with Gasteiger partial charge in [-0.1, -0.05) is 0 Å². The molecule has 1 aliphatic heterocycles. The Balaban J connectivity index is 1.51. The number of halogens is 1. The maximum absolute atomic E-state index is 13.2. The second-order valence-corrected chi connectivity index (χ2v) is 9.94. The number of carbonyl (C=O) groups is 1. The fourth-order valence-electron chi connectivity index (χ4n) is 3.86. The summed E-state index contributed by atoms with van der Waals surface area (Å²) in [6.45, 7) is 2.01. The minimum Gasteiger partial charge on any atom is -0.310 e. The standard InChI is InChI=1S/C22H22FN5O5S/c1-15-13-21(27(25-15)18-6-8-19(9-7-18)28(30)31)24-22(29)16-3-2-12-26(14-16)34(32,33)20-10-4-17(23)5-11-20/h4-11,13,16H,2-3,12,14H2,1H3,(H,24,29). The molecule has 1 aliphatic rings. The maximum Gasteiger partial charge on any atom is 0.269 e. The van der Waals surface area contributed by atoms with Gasteiger partial charge in [0.25, 0.3) is 5.69 Å². The van der Waals surface area contributed by atoms with E-state index in [2.05, 4.69) is 10.4 Å². The fourth-order valence-corrected chi connectivity index (χ4v) is 5.38. The molecule has 0 saturated carbocycles. The number of non-ortho nitro benzene ring substituents is 1. The fraction of sp³-hybridized carbons (Fsp3) is 0.273. The van der Waals surface area contributed by atoms with E-state index in [0.717, 1.165) is 12.1 Å². The molecular weight excluding hydrogens is 465 g/mol. The second kappa shape index (κ2) is 9.31. The molecule has 1 unspecified atom stereocenters. The van der Waals surface area contributed by atoms with Crippen LogP contribution < -0.4 is 5.32 Å². The van der Waals surface area contributed by atoms with Crippen LogP contribution in [0.3, 0.4) is 0 Å². The zero-order chi connectivity index (χ0) is 24.5. The molecule has 178 valence electrons. The van der Waals surface area contributed by atoms with Crippen molar-refractivity contribution < 1.29 is 22.5 Å². The number of hydrogen-bond acceptors (Lipinski definition) is 6. The van der Waals surface area contributed by atoms with Gasteiger partial charge in [-0.05, 0) is 56.2 Å². The molecule has 4 rings (SSSR count). The molecule has 0 spiro atoms. The Bertz CT molecular complexity index is 1320. The summed E-state index contributed by atoms with van der Waals surface area (Å²) in [6, 6.07) is 12.0. The van der Waals surface area contributed by atoms with E-state index in [4.69, 9.17) is 0 Å². The van der Waals surface area contributed by atoms with Gasteiger partial charge >= 0.3 is 0 Å². The summed E-state index contributed by atoms with van der Waals surface area (Å²) in [4.78, 5) is 23.4. The van der Waals surface area contributed by atoms with Crippen molar-refractivity contribution in [3.63, 3.8) is 0 Å². The van der Waals surface area contributed by atoms with Crippen LogP contribution >= 0.6 is 0 Å². The van der Waals surface area contributed by atoms with Crippen molar-refractivity contribution in [2.45, 2.75) is 24.7 Å². The Labute approximate surface area is 195 Å². The molecule has 1 N–H and O–H groups in total. The number of amides is 1. The van der Waals surface area contributed by atoms with E-state index in [1.165, 1.54) is 45.4 Å². The summed E-state index contributed by atoms with van der Waals surface area (Å²) in [6.07, 6.45) is 1.01.